The molecule has 8 heteroatoms. The fourth-order valence-corrected chi connectivity index (χ4v) is 4.19. The van der Waals surface area contributed by atoms with Gasteiger partial charge in [-0.15, -0.1) is 0 Å². The van der Waals surface area contributed by atoms with E-state index in [0.29, 0.717) is 0 Å². The summed E-state index contributed by atoms with van der Waals surface area (Å²) in [6.45, 7) is 8.63. The Morgan fingerprint density at radius 1 is 1.13 bits per heavy atom. The number of hydrogen-bond acceptors (Lipinski definition) is 5. The van der Waals surface area contributed by atoms with Gasteiger partial charge in [-0.3, -0.25) is 14.6 Å². The number of ether oxygens (including phenoxy) is 2. The summed E-state index contributed by atoms with van der Waals surface area (Å²) in [6, 6.07) is 8.16. The second-order valence-corrected chi connectivity index (χ2v) is 10.2. The van der Waals surface area contributed by atoms with Crippen LogP contribution >= 0.6 is 0 Å². The Hall–Kier alpha value is -2.22. The molecule has 1 aromatic rings. The first-order valence-corrected chi connectivity index (χ1v) is 10.6. The summed E-state index contributed by atoms with van der Waals surface area (Å²) in [6.07, 6.45) is -2.54. The fourth-order valence-electron chi connectivity index (χ4n) is 4.19. The molecule has 0 N–H and O–H groups in total. The van der Waals surface area contributed by atoms with Crippen LogP contribution in [0.25, 0.3) is 0 Å². The van der Waals surface area contributed by atoms with Gasteiger partial charge in [-0.25, -0.2) is 13.6 Å². The molecule has 6 nitrogen and oxygen atoms in total. The molecule has 2 heterocycles. The lowest BCUT2D eigenvalue weighted by atomic mass is 9.92. The van der Waals surface area contributed by atoms with E-state index in [0.717, 1.165) is 10.5 Å². The molecule has 3 unspecified atom stereocenters. The van der Waals surface area contributed by atoms with Crippen LogP contribution in [0, 0.1) is 5.41 Å². The molecule has 0 aromatic heterocycles. The van der Waals surface area contributed by atoms with E-state index in [-0.39, 0.29) is 32.8 Å². The number of nitrogens with zero attached hydrogens (tertiary/aromatic N) is 2. The maximum Gasteiger partial charge on any atom is 0.410 e. The molecule has 2 aliphatic heterocycles. The zero-order valence-electron chi connectivity index (χ0n) is 18.9. The lowest BCUT2D eigenvalue weighted by Gasteiger charge is -2.32. The first-order valence-electron chi connectivity index (χ1n) is 10.6. The Morgan fingerprint density at radius 2 is 1.77 bits per heavy atom. The van der Waals surface area contributed by atoms with Crippen LogP contribution in [-0.4, -0.2) is 71.5 Å². The van der Waals surface area contributed by atoms with E-state index in [9.17, 15) is 14.0 Å². The molecular formula is C23H32F2N2O4. The van der Waals surface area contributed by atoms with Crippen molar-refractivity contribution in [3.05, 3.63) is 35.9 Å². The third-order valence-electron chi connectivity index (χ3n) is 5.71. The molecule has 1 amide bonds. The van der Waals surface area contributed by atoms with E-state index >= 15 is 4.39 Å². The van der Waals surface area contributed by atoms with E-state index in [1.54, 1.807) is 39.5 Å². The second kappa shape index (κ2) is 8.37. The number of rotatable bonds is 5. The van der Waals surface area contributed by atoms with E-state index in [4.69, 9.17) is 9.47 Å². The molecule has 0 spiro atoms. The van der Waals surface area contributed by atoms with Gasteiger partial charge in [0.25, 0.3) is 0 Å². The molecule has 2 fully saturated rings. The average Bonchev–Trinajstić information content (AvgIpc) is 3.10. The number of alkyl halides is 2. The minimum Gasteiger partial charge on any atom is -0.460 e. The number of hydrogen-bond donors (Lipinski definition) is 0. The summed E-state index contributed by atoms with van der Waals surface area (Å²) in [7, 11) is 0. The fraction of sp³-hybridized carbons (Fsp3) is 0.652. The summed E-state index contributed by atoms with van der Waals surface area (Å²) < 4.78 is 41.0. The minimum absolute atomic E-state index is 0.0362. The summed E-state index contributed by atoms with van der Waals surface area (Å²) in [5.74, 6) is -0.402. The number of amides is 1. The van der Waals surface area contributed by atoms with Crippen LogP contribution in [0.5, 0.6) is 0 Å². The summed E-state index contributed by atoms with van der Waals surface area (Å²) in [4.78, 5) is 28.0. The molecule has 2 aliphatic rings. The first kappa shape index (κ1) is 23.4. The van der Waals surface area contributed by atoms with Crippen molar-refractivity contribution in [3.63, 3.8) is 0 Å². The number of carbonyl (C=O) groups is 2. The van der Waals surface area contributed by atoms with Gasteiger partial charge in [0.15, 0.2) is 11.8 Å². The van der Waals surface area contributed by atoms with Crippen molar-refractivity contribution in [2.24, 2.45) is 5.41 Å². The Balaban J connectivity index is 1.64. The first-order chi connectivity index (χ1) is 14.3. The van der Waals surface area contributed by atoms with Gasteiger partial charge in [0.05, 0.1) is 18.0 Å². The third-order valence-corrected chi connectivity index (χ3v) is 5.71. The maximum atomic E-state index is 15.6. The smallest absolute Gasteiger partial charge is 0.410 e. The highest BCUT2D eigenvalue weighted by atomic mass is 19.2. The van der Waals surface area contributed by atoms with Crippen molar-refractivity contribution in [3.8, 4) is 0 Å². The van der Waals surface area contributed by atoms with E-state index in [1.807, 2.05) is 30.3 Å². The third kappa shape index (κ3) is 5.17. The maximum absolute atomic E-state index is 15.6. The van der Waals surface area contributed by atoms with Crippen molar-refractivity contribution >= 4 is 12.1 Å². The molecule has 2 saturated heterocycles. The van der Waals surface area contributed by atoms with E-state index < -0.39 is 41.0 Å². The number of esters is 1. The number of fused-ring (bicyclic) bond motifs is 1. The molecular weight excluding hydrogens is 406 g/mol. The SMILES string of the molecule is CC(C)(C)OC(=O)C(C)(C)CN1CC2N(C(=O)OCc3ccccc3)CC(F)C2(F)C1. The second-order valence-electron chi connectivity index (χ2n) is 10.2. The van der Waals surface area contributed by atoms with Crippen molar-refractivity contribution < 1.29 is 27.8 Å². The molecule has 3 atom stereocenters. The van der Waals surface area contributed by atoms with Gasteiger partial charge in [-0.05, 0) is 40.2 Å². The monoisotopic (exact) mass is 438 g/mol. The van der Waals surface area contributed by atoms with Crippen molar-refractivity contribution in [2.45, 2.75) is 64.7 Å². The highest BCUT2D eigenvalue weighted by molar-refractivity contribution is 5.76. The molecule has 0 bridgehead atoms. The summed E-state index contributed by atoms with van der Waals surface area (Å²) in [5.41, 5.74) is -2.94. The van der Waals surface area contributed by atoms with E-state index in [1.165, 1.54) is 0 Å². The molecule has 172 valence electrons. The van der Waals surface area contributed by atoms with Gasteiger partial charge in [0.2, 0.25) is 0 Å². The van der Waals surface area contributed by atoms with Gasteiger partial charge in [-0.1, -0.05) is 30.3 Å². The predicted octanol–water partition coefficient (Wildman–Crippen LogP) is 3.74. The van der Waals surface area contributed by atoms with Crippen LogP contribution in [0.3, 0.4) is 0 Å². The lowest BCUT2D eigenvalue weighted by molar-refractivity contribution is -0.166. The van der Waals surface area contributed by atoms with Crippen molar-refractivity contribution in [1.82, 2.24) is 9.80 Å². The Bertz CT molecular complexity index is 812. The largest absolute Gasteiger partial charge is 0.460 e. The van der Waals surface area contributed by atoms with Crippen LogP contribution in [0.15, 0.2) is 30.3 Å². The number of halogens is 2. The minimum atomic E-state index is -2.18. The number of benzene rings is 1. The van der Waals surface area contributed by atoms with Crippen LogP contribution in [-0.2, 0) is 20.9 Å². The van der Waals surface area contributed by atoms with Crippen LogP contribution in [0.4, 0.5) is 13.6 Å². The van der Waals surface area contributed by atoms with Crippen LogP contribution < -0.4 is 0 Å². The molecule has 0 saturated carbocycles. The molecule has 3 rings (SSSR count). The Morgan fingerprint density at radius 3 is 2.39 bits per heavy atom. The molecule has 1 aromatic carbocycles. The molecule has 31 heavy (non-hydrogen) atoms. The Labute approximate surface area is 182 Å². The van der Waals surface area contributed by atoms with Gasteiger partial charge in [0, 0.05) is 19.6 Å². The highest BCUT2D eigenvalue weighted by Gasteiger charge is 2.63. The lowest BCUT2D eigenvalue weighted by Crippen LogP contribution is -2.45. The number of carbonyl (C=O) groups excluding carboxylic acids is 2. The predicted molar refractivity (Wildman–Crippen MR) is 112 cm³/mol. The summed E-state index contributed by atoms with van der Waals surface area (Å²) >= 11 is 0. The summed E-state index contributed by atoms with van der Waals surface area (Å²) in [5, 5.41) is 0. The zero-order chi connectivity index (χ0) is 23.0. The molecule has 0 aliphatic carbocycles. The van der Waals surface area contributed by atoms with Crippen LogP contribution in [0.2, 0.25) is 0 Å². The quantitative estimate of drug-likeness (QED) is 0.656. The highest BCUT2D eigenvalue weighted by Crippen LogP contribution is 2.42. The van der Waals surface area contributed by atoms with Crippen molar-refractivity contribution in [1.29, 1.82) is 0 Å². The topological polar surface area (TPSA) is 59.1 Å². The standard InChI is InChI=1S/C23H32F2N2O4/c1-21(2,3)31-19(28)22(4,5)14-26-12-18-23(25,15-26)17(24)11-27(18)20(29)30-13-16-9-7-6-8-10-16/h6-10,17-18H,11-15H2,1-5H3. The van der Waals surface area contributed by atoms with Gasteiger partial charge in [0.1, 0.15) is 12.2 Å². The van der Waals surface area contributed by atoms with E-state index in [2.05, 4.69) is 0 Å². The Kier molecular flexibility index (Phi) is 6.33. The normalized spacial score (nSPS) is 26.6. The van der Waals surface area contributed by atoms with Gasteiger partial charge >= 0.3 is 12.1 Å². The van der Waals surface area contributed by atoms with Gasteiger partial charge < -0.3 is 9.47 Å². The number of likely N-dealkylation sites (tertiary alicyclic amines) is 2. The van der Waals surface area contributed by atoms with Crippen molar-refractivity contribution in [2.75, 3.05) is 26.2 Å². The average molecular weight is 439 g/mol. The van der Waals surface area contributed by atoms with Gasteiger partial charge in [-0.2, -0.15) is 0 Å². The van der Waals surface area contributed by atoms with Crippen LogP contribution in [0.1, 0.15) is 40.2 Å². The zero-order valence-corrected chi connectivity index (χ0v) is 18.9. The molecule has 0 radical (unpaired) electrons.